The molecule has 0 saturated heterocycles. The van der Waals surface area contributed by atoms with Gasteiger partial charge in [-0.3, -0.25) is 9.11 Å². The average Bonchev–Trinajstić information content (AvgIpc) is 2.34. The molecule has 0 unspecified atom stereocenters. The Morgan fingerprint density at radius 2 is 0.950 bits per heavy atom. The maximum absolute atomic E-state index is 8.74. The van der Waals surface area contributed by atoms with Crippen molar-refractivity contribution >= 4 is 59.4 Å². The normalized spacial score (nSPS) is 11.1. The summed E-state index contributed by atoms with van der Waals surface area (Å²) in [5.41, 5.74) is 0. The maximum Gasteiger partial charge on any atom is 0.394 e. The van der Waals surface area contributed by atoms with Gasteiger partial charge < -0.3 is 0 Å². The molecule has 2 N–H and O–H groups in total. The smallest absolute Gasteiger partial charge is 0.264 e. The number of hydrogen-bond acceptors (Lipinski definition) is 2. The molecule has 0 spiro atoms. The van der Waals surface area contributed by atoms with Gasteiger partial charge in [0.1, 0.15) is 0 Å². The number of hydrogen-bond donors (Lipinski definition) is 2. The van der Waals surface area contributed by atoms with Gasteiger partial charge in [0, 0.05) is 0 Å². The van der Waals surface area contributed by atoms with Gasteiger partial charge in [-0.25, -0.2) is 0 Å². The van der Waals surface area contributed by atoms with Gasteiger partial charge in [-0.2, -0.15) is 8.42 Å². The minimum absolute atomic E-state index is 1.10. The van der Waals surface area contributed by atoms with Gasteiger partial charge in [-0.05, 0) is 0 Å². The zero-order chi connectivity index (χ0) is 15.7. The third-order valence-electron chi connectivity index (χ3n) is 3.21. The van der Waals surface area contributed by atoms with Crippen molar-refractivity contribution in [3.63, 3.8) is 0 Å². The van der Waals surface area contributed by atoms with E-state index in [-0.39, 0.29) is 0 Å². The van der Waals surface area contributed by atoms with E-state index in [4.69, 9.17) is 17.5 Å². The van der Waals surface area contributed by atoms with Crippen LogP contribution in [0.1, 0.15) is 84.0 Å². The van der Waals surface area contributed by atoms with Crippen LogP contribution in [0.15, 0.2) is 0 Å². The second-order valence-corrected chi connectivity index (χ2v) is 7.79. The Hall–Kier alpha value is 1.51. The third kappa shape index (κ3) is 36.6. The van der Waals surface area contributed by atoms with Gasteiger partial charge in [0.2, 0.25) is 0 Å². The monoisotopic (exact) mass is 334 g/mol. The zero-order valence-corrected chi connectivity index (χ0v) is 17.3. The minimum atomic E-state index is -4.67. The predicted molar refractivity (Wildman–Crippen MR) is 85.8 cm³/mol. The van der Waals surface area contributed by atoms with Crippen molar-refractivity contribution in [3.8, 4) is 0 Å². The Labute approximate surface area is 159 Å². The van der Waals surface area contributed by atoms with Crippen LogP contribution in [0.25, 0.3) is 0 Å². The molecule has 0 aromatic rings. The molecule has 4 nitrogen and oxygen atoms in total. The summed E-state index contributed by atoms with van der Waals surface area (Å²) in [6.45, 7) is 2.29. The summed E-state index contributed by atoms with van der Waals surface area (Å²) in [5, 5.41) is 0. The van der Waals surface area contributed by atoms with Crippen molar-refractivity contribution in [1.29, 1.82) is 0 Å². The first-order chi connectivity index (χ1) is 9.41. The number of rotatable bonds is 12. The Morgan fingerprint density at radius 3 is 1.20 bits per heavy atom. The fraction of sp³-hybridized carbons (Fsp3) is 1.00. The van der Waals surface area contributed by atoms with Crippen molar-refractivity contribution in [1.82, 2.24) is 0 Å². The second-order valence-electron chi connectivity index (χ2n) is 5.34. The predicted octanol–water partition coefficient (Wildman–Crippen LogP) is 4.62. The second kappa shape index (κ2) is 18.6. The molecule has 0 radical (unpaired) electrons. The van der Waals surface area contributed by atoms with Gasteiger partial charge in [-0.15, -0.1) is 0 Å². The fourth-order valence-electron chi connectivity index (χ4n) is 2.09. The van der Waals surface area contributed by atoms with Crippen LogP contribution in [0.3, 0.4) is 0 Å². The Bertz CT molecular complexity index is 248. The van der Waals surface area contributed by atoms with Gasteiger partial charge >= 0.3 is 130 Å². The van der Waals surface area contributed by atoms with E-state index >= 15 is 0 Å². The van der Waals surface area contributed by atoms with Crippen LogP contribution in [-0.2, 0) is 10.4 Å². The van der Waals surface area contributed by atoms with Gasteiger partial charge in [0.15, 0.2) is 0 Å². The molecule has 0 aliphatic heterocycles. The van der Waals surface area contributed by atoms with E-state index in [0.717, 1.165) is 49.0 Å². The maximum atomic E-state index is 8.74. The molecule has 20 heavy (non-hydrogen) atoms. The van der Waals surface area contributed by atoms with E-state index < -0.39 is 10.4 Å². The molecule has 0 aromatic carbocycles. The summed E-state index contributed by atoms with van der Waals surface area (Å²) < 4.78 is 33.1. The molecule has 0 rings (SSSR count). The molecule has 118 valence electrons. The van der Waals surface area contributed by atoms with E-state index in [0.29, 0.717) is 0 Å². The molecule has 0 heterocycles. The Balaban J connectivity index is 0. The van der Waals surface area contributed by atoms with Gasteiger partial charge in [0.25, 0.3) is 0 Å². The van der Waals surface area contributed by atoms with E-state index in [2.05, 4.69) is 6.92 Å². The fourth-order valence-corrected chi connectivity index (χ4v) is 2.87. The summed E-state index contributed by atoms with van der Waals surface area (Å²) in [6.07, 6.45) is 17.8. The summed E-state index contributed by atoms with van der Waals surface area (Å²) in [5.74, 6) is 0. The van der Waals surface area contributed by atoms with Crippen molar-refractivity contribution in [3.05, 3.63) is 0 Å². The largest absolute Gasteiger partial charge is 0.394 e. The van der Waals surface area contributed by atoms with Crippen LogP contribution in [0.4, 0.5) is 0 Å². The molecule has 0 atom stereocenters. The van der Waals surface area contributed by atoms with Gasteiger partial charge in [-0.1, -0.05) is 13.3 Å². The SMILES string of the molecule is CCCCCCCCCCCCC[CH2][K].O=S(=O)(O)O. The molecular formula is C14H31KO4S. The molecule has 6 heteroatoms. The van der Waals surface area contributed by atoms with Crippen LogP contribution in [0, 0.1) is 0 Å². The molecule has 0 fully saturated rings. The minimum Gasteiger partial charge on any atom is -0.264 e. The van der Waals surface area contributed by atoms with E-state index in [1.54, 1.807) is 0.515 Å². The molecule has 0 bridgehead atoms. The summed E-state index contributed by atoms with van der Waals surface area (Å²) in [7, 11) is -4.67. The Morgan fingerprint density at radius 1 is 0.700 bits per heavy atom. The van der Waals surface area contributed by atoms with E-state index in [1.165, 1.54) is 77.0 Å². The van der Waals surface area contributed by atoms with Crippen LogP contribution >= 0.6 is 0 Å². The van der Waals surface area contributed by atoms with Crippen molar-refractivity contribution in [2.75, 3.05) is 0 Å². The van der Waals surface area contributed by atoms with Crippen molar-refractivity contribution < 1.29 is 17.5 Å². The van der Waals surface area contributed by atoms with Crippen molar-refractivity contribution in [2.45, 2.75) is 84.5 Å². The van der Waals surface area contributed by atoms with E-state index in [1.807, 2.05) is 0 Å². The molecule has 0 aliphatic carbocycles. The summed E-state index contributed by atoms with van der Waals surface area (Å²) in [4.78, 5) is 0. The summed E-state index contributed by atoms with van der Waals surface area (Å²) in [6, 6.07) is 0. The van der Waals surface area contributed by atoms with Crippen LogP contribution < -0.4 is 0 Å². The standard InChI is InChI=1S/C14H29.K.H2O4S/c1-3-5-7-9-11-13-14-12-10-8-6-4-2;;1-5(2,3)4/h1,3-14H2,2H3;;(H2,1,2,3,4). The first kappa shape index (κ1) is 23.8. The first-order valence-corrected chi connectivity index (χ1v) is 11.7. The first-order valence-electron chi connectivity index (χ1n) is 8.11. The Kier molecular flexibility index (Phi) is 22.1. The topological polar surface area (TPSA) is 74.6 Å². The van der Waals surface area contributed by atoms with Crippen molar-refractivity contribution in [2.24, 2.45) is 0 Å². The van der Waals surface area contributed by atoms with Crippen LogP contribution in [0.5, 0.6) is 0 Å². The third-order valence-corrected chi connectivity index (χ3v) is 4.31. The zero-order valence-electron chi connectivity index (χ0n) is 13.3. The molecule has 0 amide bonds. The average molecular weight is 335 g/mol. The molecule has 0 aliphatic rings. The van der Waals surface area contributed by atoms with E-state index in [9.17, 15) is 0 Å². The van der Waals surface area contributed by atoms with Crippen LogP contribution in [0.2, 0.25) is 0.515 Å². The van der Waals surface area contributed by atoms with Crippen LogP contribution in [-0.4, -0.2) is 66.5 Å². The van der Waals surface area contributed by atoms with Gasteiger partial charge in [0.05, 0.1) is 0 Å². The summed E-state index contributed by atoms with van der Waals surface area (Å²) >= 11 is 1.10. The quantitative estimate of drug-likeness (QED) is 0.310. The molecular weight excluding hydrogens is 303 g/mol. The number of unbranched alkanes of at least 4 members (excludes halogenated alkanes) is 11. The molecule has 0 saturated carbocycles. The molecule has 0 aromatic heterocycles.